The zero-order chi connectivity index (χ0) is 35.2. The Morgan fingerprint density at radius 2 is 1.55 bits per heavy atom. The zero-order valence-electron chi connectivity index (χ0n) is 26.9. The van der Waals surface area contributed by atoms with Crippen molar-refractivity contribution in [2.24, 2.45) is 5.73 Å². The molecule has 1 unspecified atom stereocenters. The highest BCUT2D eigenvalue weighted by molar-refractivity contribution is 7.89. The summed E-state index contributed by atoms with van der Waals surface area (Å²) in [6, 6.07) is 15.2. The van der Waals surface area contributed by atoms with Crippen LogP contribution in [0.3, 0.4) is 0 Å². The number of aromatic nitrogens is 1. The van der Waals surface area contributed by atoms with Crippen LogP contribution in [0.4, 0.5) is 0 Å². The normalized spacial score (nSPS) is 17.0. The molecule has 3 N–H and O–H groups in total. The van der Waals surface area contributed by atoms with Crippen molar-refractivity contribution in [3.05, 3.63) is 104 Å². The molecule has 0 aliphatic carbocycles. The predicted octanol–water partition coefficient (Wildman–Crippen LogP) is 4.81. The molecule has 2 saturated heterocycles. The molecular formula is C35H34Cl2N6O5S. The number of carbonyl (C=O) groups excluding carboxylic acids is 3. The number of piperazine rings is 1. The van der Waals surface area contributed by atoms with Crippen molar-refractivity contribution in [2.45, 2.75) is 37.6 Å². The minimum Gasteiger partial charge on any atom is -0.384 e. The van der Waals surface area contributed by atoms with E-state index < -0.39 is 21.8 Å². The Morgan fingerprint density at radius 3 is 2.22 bits per heavy atom. The van der Waals surface area contributed by atoms with Crippen LogP contribution in [0.25, 0.3) is 10.9 Å². The summed E-state index contributed by atoms with van der Waals surface area (Å²) in [5.74, 6) is -1.22. The lowest BCUT2D eigenvalue weighted by Gasteiger charge is -2.37. The number of carbonyl (C=O) groups is 3. The maximum atomic E-state index is 14.2. The smallest absolute Gasteiger partial charge is 0.253 e. The molecule has 2 amide bonds. The Bertz CT molecular complexity index is 2130. The van der Waals surface area contributed by atoms with E-state index in [0.29, 0.717) is 29.5 Å². The fourth-order valence-corrected chi connectivity index (χ4v) is 9.11. The van der Waals surface area contributed by atoms with E-state index in [-0.39, 0.29) is 76.4 Å². The third kappa shape index (κ3) is 6.41. The van der Waals surface area contributed by atoms with Gasteiger partial charge < -0.3 is 15.5 Å². The average molecular weight is 722 g/mol. The number of ketones is 1. The van der Waals surface area contributed by atoms with E-state index in [9.17, 15) is 22.8 Å². The van der Waals surface area contributed by atoms with Crippen LogP contribution in [0.2, 0.25) is 10.0 Å². The number of hydrogen-bond acceptors (Lipinski definition) is 7. The minimum absolute atomic E-state index is 0.00779. The van der Waals surface area contributed by atoms with Gasteiger partial charge in [0.05, 0.1) is 21.1 Å². The van der Waals surface area contributed by atoms with Crippen LogP contribution < -0.4 is 5.73 Å². The van der Waals surface area contributed by atoms with Gasteiger partial charge in [-0.3, -0.25) is 24.8 Å². The van der Waals surface area contributed by atoms with Gasteiger partial charge in [-0.2, -0.15) is 4.31 Å². The van der Waals surface area contributed by atoms with Crippen LogP contribution in [-0.4, -0.2) is 89.7 Å². The highest BCUT2D eigenvalue weighted by Crippen LogP contribution is 2.37. The number of para-hydroxylation sites is 1. The molecule has 4 aromatic rings. The Hall–Kier alpha value is -4.36. The first-order valence-electron chi connectivity index (χ1n) is 15.7. The number of pyridine rings is 1. The second-order valence-corrected chi connectivity index (χ2v) is 14.9. The van der Waals surface area contributed by atoms with Crippen molar-refractivity contribution in [1.29, 1.82) is 5.41 Å². The first kappa shape index (κ1) is 34.5. The highest BCUT2D eigenvalue weighted by Gasteiger charge is 2.43. The number of benzene rings is 3. The molecule has 0 bridgehead atoms. The fraction of sp³-hybridized carbons (Fsp3) is 0.286. The number of nitrogens with one attached hydrogen (secondary N) is 1. The van der Waals surface area contributed by atoms with Gasteiger partial charge in [0.2, 0.25) is 15.9 Å². The van der Waals surface area contributed by atoms with Crippen LogP contribution in [0.5, 0.6) is 0 Å². The van der Waals surface area contributed by atoms with Crippen molar-refractivity contribution in [2.75, 3.05) is 32.7 Å². The number of nitrogen functional groups attached to an aromatic ring is 1. The van der Waals surface area contributed by atoms with Gasteiger partial charge in [0.25, 0.3) is 5.91 Å². The molecular weight excluding hydrogens is 687 g/mol. The largest absolute Gasteiger partial charge is 0.384 e. The summed E-state index contributed by atoms with van der Waals surface area (Å²) >= 11 is 13.3. The topological polar surface area (TPSA) is 158 Å². The monoisotopic (exact) mass is 720 g/mol. The third-order valence-electron chi connectivity index (χ3n) is 9.10. The maximum absolute atomic E-state index is 14.2. The predicted molar refractivity (Wildman–Crippen MR) is 188 cm³/mol. The van der Waals surface area contributed by atoms with Gasteiger partial charge in [-0.15, -0.1) is 0 Å². The second-order valence-electron chi connectivity index (χ2n) is 12.2. The first-order valence-corrected chi connectivity index (χ1v) is 17.9. The van der Waals surface area contributed by atoms with Crippen molar-refractivity contribution in [1.82, 2.24) is 19.1 Å². The molecule has 2 aliphatic rings. The highest BCUT2D eigenvalue weighted by atomic mass is 35.5. The van der Waals surface area contributed by atoms with Gasteiger partial charge in [-0.1, -0.05) is 47.5 Å². The molecule has 1 aromatic heterocycles. The van der Waals surface area contributed by atoms with Crippen molar-refractivity contribution in [3.8, 4) is 0 Å². The second kappa shape index (κ2) is 13.5. The summed E-state index contributed by atoms with van der Waals surface area (Å²) in [5.41, 5.74) is 8.66. The molecule has 6 rings (SSSR count). The molecule has 0 radical (unpaired) electrons. The van der Waals surface area contributed by atoms with E-state index in [1.807, 2.05) is 26.0 Å². The standard InChI is InChI=1S/C35H34Cl2N6O5S/c1-20-19-21(2)40-31-24(20)5-3-6-25(31)32(44)29-26(36)12-13-28(30(29)37)49(47,48)43-14-4-7-27(43)35(46)42-17-15-41(16-18-42)34(45)23-10-8-22(9-11-23)33(38)39/h3,5-6,8-13,19,27H,4,7,14-18H2,1-2H3,(H3,38,39). The average Bonchev–Trinajstić information content (AvgIpc) is 3.59. The SMILES string of the molecule is Cc1cc(C)c2cccc(C(=O)c3c(Cl)ccc(S(=O)(=O)N4CCCC4C(=O)N4CCN(C(=O)c5ccc(C(=N)N)cc5)CC4)c3Cl)c2n1. The van der Waals surface area contributed by atoms with Crippen molar-refractivity contribution >= 4 is 67.6 Å². The lowest BCUT2D eigenvalue weighted by Crippen LogP contribution is -2.55. The Balaban J connectivity index is 1.22. The minimum atomic E-state index is -4.34. The summed E-state index contributed by atoms with van der Waals surface area (Å²) in [4.78, 5) is 48.3. The van der Waals surface area contributed by atoms with Gasteiger partial charge in [-0.25, -0.2) is 8.42 Å². The lowest BCUT2D eigenvalue weighted by atomic mass is 9.98. The Labute approximate surface area is 294 Å². The van der Waals surface area contributed by atoms with Crippen LogP contribution in [0, 0.1) is 19.3 Å². The number of amides is 2. The van der Waals surface area contributed by atoms with Crippen LogP contribution in [0.1, 0.15) is 55.9 Å². The number of halogens is 2. The van der Waals surface area contributed by atoms with E-state index in [2.05, 4.69) is 4.98 Å². The maximum Gasteiger partial charge on any atom is 0.253 e. The van der Waals surface area contributed by atoms with E-state index in [4.69, 9.17) is 34.3 Å². The van der Waals surface area contributed by atoms with Gasteiger partial charge in [0.1, 0.15) is 16.8 Å². The summed E-state index contributed by atoms with van der Waals surface area (Å²) in [6.45, 7) is 4.86. The summed E-state index contributed by atoms with van der Waals surface area (Å²) in [6.07, 6.45) is 0.777. The first-order chi connectivity index (χ1) is 23.3. The molecule has 0 saturated carbocycles. The number of sulfonamides is 1. The Morgan fingerprint density at radius 1 is 0.898 bits per heavy atom. The molecule has 3 heterocycles. The van der Waals surface area contributed by atoms with Gasteiger partial charge >= 0.3 is 0 Å². The number of hydrogen-bond donors (Lipinski definition) is 2. The molecule has 2 fully saturated rings. The molecule has 254 valence electrons. The number of rotatable bonds is 7. The van der Waals surface area contributed by atoms with Crippen LogP contribution >= 0.6 is 23.2 Å². The number of nitrogens with zero attached hydrogens (tertiary/aromatic N) is 4. The van der Waals surface area contributed by atoms with Gasteiger partial charge in [0.15, 0.2) is 5.78 Å². The molecule has 3 aromatic carbocycles. The van der Waals surface area contributed by atoms with Crippen LogP contribution in [-0.2, 0) is 14.8 Å². The van der Waals surface area contributed by atoms with Gasteiger partial charge in [0, 0.05) is 60.5 Å². The molecule has 2 aliphatic heterocycles. The molecule has 0 spiro atoms. The van der Waals surface area contributed by atoms with Crippen molar-refractivity contribution in [3.63, 3.8) is 0 Å². The van der Waals surface area contributed by atoms with Crippen LogP contribution in [0.15, 0.2) is 65.6 Å². The third-order valence-corrected chi connectivity index (χ3v) is 11.9. The molecule has 1 atom stereocenters. The van der Waals surface area contributed by atoms with Gasteiger partial charge in [-0.05, 0) is 68.7 Å². The summed E-state index contributed by atoms with van der Waals surface area (Å²) in [5, 5.41) is 7.98. The number of amidine groups is 1. The van der Waals surface area contributed by atoms with E-state index in [1.165, 1.54) is 12.1 Å². The zero-order valence-corrected chi connectivity index (χ0v) is 29.2. The fourth-order valence-electron chi connectivity index (χ4n) is 6.56. The molecule has 49 heavy (non-hydrogen) atoms. The van der Waals surface area contributed by atoms with E-state index >= 15 is 0 Å². The lowest BCUT2D eigenvalue weighted by molar-refractivity contribution is -0.136. The molecule has 11 nitrogen and oxygen atoms in total. The quantitative estimate of drug-likeness (QED) is 0.158. The number of aryl methyl sites for hydroxylation is 2. The van der Waals surface area contributed by atoms with Crippen molar-refractivity contribution < 1.29 is 22.8 Å². The van der Waals surface area contributed by atoms with E-state index in [0.717, 1.165) is 20.9 Å². The Kier molecular flexibility index (Phi) is 9.51. The molecule has 14 heteroatoms. The number of fused-ring (bicyclic) bond motifs is 1. The number of nitrogens with two attached hydrogens (primary N) is 1. The van der Waals surface area contributed by atoms with E-state index in [1.54, 1.807) is 46.2 Å². The summed E-state index contributed by atoms with van der Waals surface area (Å²) < 4.78 is 29.5. The summed E-state index contributed by atoms with van der Waals surface area (Å²) in [7, 11) is -4.34.